The van der Waals surface area contributed by atoms with Crippen molar-refractivity contribution in [1.82, 2.24) is 5.32 Å². The lowest BCUT2D eigenvalue weighted by Gasteiger charge is -2.35. The molecule has 0 heterocycles. The molecule has 0 aliphatic heterocycles. The van der Waals surface area contributed by atoms with Crippen LogP contribution in [0.5, 0.6) is 0 Å². The third-order valence-corrected chi connectivity index (χ3v) is 5.34. The highest BCUT2D eigenvalue weighted by Crippen LogP contribution is 2.40. The van der Waals surface area contributed by atoms with Gasteiger partial charge >= 0.3 is 0 Å². The maximum Gasteiger partial charge on any atom is 0.0393 e. The SMILES string of the molecule is Cc1ccc(N(C)CC2(CNC3CC3)CCCC2)c(C)c1. The normalized spacial score (nSPS) is 20.7. The fourth-order valence-electron chi connectivity index (χ4n) is 3.99. The Bertz CT molecular complexity index is 484. The molecule has 0 bridgehead atoms. The molecule has 2 fully saturated rings. The zero-order chi connectivity index (χ0) is 14.9. The number of benzene rings is 1. The van der Waals surface area contributed by atoms with E-state index in [2.05, 4.69) is 49.3 Å². The first-order chi connectivity index (χ1) is 10.1. The van der Waals surface area contributed by atoms with Crippen molar-refractivity contribution in [2.45, 2.75) is 58.4 Å². The Morgan fingerprint density at radius 1 is 1.19 bits per heavy atom. The van der Waals surface area contributed by atoms with Crippen molar-refractivity contribution in [3.8, 4) is 0 Å². The number of hydrogen-bond donors (Lipinski definition) is 1. The molecular formula is C19H30N2. The molecule has 0 unspecified atom stereocenters. The van der Waals surface area contributed by atoms with Gasteiger partial charge in [-0.15, -0.1) is 0 Å². The molecule has 116 valence electrons. The van der Waals surface area contributed by atoms with Gasteiger partial charge in [-0.25, -0.2) is 0 Å². The minimum Gasteiger partial charge on any atom is -0.374 e. The third kappa shape index (κ3) is 3.60. The summed E-state index contributed by atoms with van der Waals surface area (Å²) in [7, 11) is 2.27. The van der Waals surface area contributed by atoms with E-state index < -0.39 is 0 Å². The van der Waals surface area contributed by atoms with Crippen molar-refractivity contribution in [3.63, 3.8) is 0 Å². The second-order valence-electron chi connectivity index (χ2n) is 7.51. The van der Waals surface area contributed by atoms with E-state index in [1.54, 1.807) is 0 Å². The summed E-state index contributed by atoms with van der Waals surface area (Å²) in [6.45, 7) is 6.82. The van der Waals surface area contributed by atoms with Crippen LogP contribution in [0.3, 0.4) is 0 Å². The van der Waals surface area contributed by atoms with E-state index in [0.29, 0.717) is 5.41 Å². The predicted molar refractivity (Wildman–Crippen MR) is 91.1 cm³/mol. The van der Waals surface area contributed by atoms with Crippen LogP contribution in [0, 0.1) is 19.3 Å². The van der Waals surface area contributed by atoms with Crippen LogP contribution in [0.15, 0.2) is 18.2 Å². The summed E-state index contributed by atoms with van der Waals surface area (Å²) >= 11 is 0. The Hall–Kier alpha value is -1.02. The Morgan fingerprint density at radius 2 is 1.90 bits per heavy atom. The molecule has 0 aromatic heterocycles. The van der Waals surface area contributed by atoms with Crippen LogP contribution >= 0.6 is 0 Å². The zero-order valence-electron chi connectivity index (χ0n) is 13.9. The number of rotatable bonds is 6. The van der Waals surface area contributed by atoms with Crippen LogP contribution in [-0.2, 0) is 0 Å². The van der Waals surface area contributed by atoms with Crippen LogP contribution in [0.4, 0.5) is 5.69 Å². The maximum absolute atomic E-state index is 3.79. The van der Waals surface area contributed by atoms with Gasteiger partial charge in [-0.05, 0) is 51.2 Å². The summed E-state index contributed by atoms with van der Waals surface area (Å²) in [5.74, 6) is 0. The number of anilines is 1. The molecule has 21 heavy (non-hydrogen) atoms. The van der Waals surface area contributed by atoms with E-state index in [4.69, 9.17) is 0 Å². The maximum atomic E-state index is 3.79. The highest BCUT2D eigenvalue weighted by Gasteiger charge is 2.36. The van der Waals surface area contributed by atoms with Gasteiger partial charge in [0.25, 0.3) is 0 Å². The summed E-state index contributed by atoms with van der Waals surface area (Å²) in [4.78, 5) is 2.49. The van der Waals surface area contributed by atoms with Crippen molar-refractivity contribution in [2.24, 2.45) is 5.41 Å². The van der Waals surface area contributed by atoms with E-state index in [1.165, 1.54) is 68.4 Å². The smallest absolute Gasteiger partial charge is 0.0393 e. The lowest BCUT2D eigenvalue weighted by molar-refractivity contribution is 0.285. The van der Waals surface area contributed by atoms with Gasteiger partial charge < -0.3 is 10.2 Å². The third-order valence-electron chi connectivity index (χ3n) is 5.34. The summed E-state index contributed by atoms with van der Waals surface area (Å²) in [5.41, 5.74) is 4.66. The first kappa shape index (κ1) is 14.9. The summed E-state index contributed by atoms with van der Waals surface area (Å²) in [6.07, 6.45) is 8.38. The topological polar surface area (TPSA) is 15.3 Å². The van der Waals surface area contributed by atoms with Crippen LogP contribution in [0.1, 0.15) is 49.7 Å². The molecule has 2 nitrogen and oxygen atoms in total. The summed E-state index contributed by atoms with van der Waals surface area (Å²) in [6, 6.07) is 7.66. The Kier molecular flexibility index (Phi) is 4.26. The van der Waals surface area contributed by atoms with Crippen LogP contribution in [0.2, 0.25) is 0 Å². The Morgan fingerprint density at radius 3 is 2.52 bits per heavy atom. The number of nitrogens with zero attached hydrogens (tertiary/aromatic N) is 1. The van der Waals surface area contributed by atoms with Gasteiger partial charge in [0.1, 0.15) is 0 Å². The summed E-state index contributed by atoms with van der Waals surface area (Å²) < 4.78 is 0. The fraction of sp³-hybridized carbons (Fsp3) is 0.684. The quantitative estimate of drug-likeness (QED) is 0.848. The van der Waals surface area contributed by atoms with E-state index in [1.807, 2.05) is 0 Å². The van der Waals surface area contributed by atoms with Gasteiger partial charge in [0, 0.05) is 37.3 Å². The molecule has 0 atom stereocenters. The summed E-state index contributed by atoms with van der Waals surface area (Å²) in [5, 5.41) is 3.79. The standard InChI is InChI=1S/C19H30N2/c1-15-6-9-18(16(2)12-15)21(3)14-19(10-4-5-11-19)13-20-17-7-8-17/h6,9,12,17,20H,4-5,7-8,10-11,13-14H2,1-3H3. The van der Waals surface area contributed by atoms with Crippen molar-refractivity contribution >= 4 is 5.69 Å². The number of nitrogens with one attached hydrogen (secondary N) is 1. The minimum atomic E-state index is 0.495. The number of hydrogen-bond acceptors (Lipinski definition) is 2. The molecule has 3 rings (SSSR count). The molecule has 0 saturated heterocycles. The highest BCUT2D eigenvalue weighted by molar-refractivity contribution is 5.54. The molecule has 2 aliphatic rings. The minimum absolute atomic E-state index is 0.495. The van der Waals surface area contributed by atoms with Gasteiger partial charge in [0.15, 0.2) is 0 Å². The molecule has 2 aliphatic carbocycles. The molecule has 1 N–H and O–H groups in total. The molecule has 0 radical (unpaired) electrons. The lowest BCUT2D eigenvalue weighted by Crippen LogP contribution is -2.42. The second kappa shape index (κ2) is 6.00. The van der Waals surface area contributed by atoms with Gasteiger partial charge in [-0.2, -0.15) is 0 Å². The first-order valence-electron chi connectivity index (χ1n) is 8.60. The van der Waals surface area contributed by atoms with E-state index in [0.717, 1.165) is 6.04 Å². The van der Waals surface area contributed by atoms with Crippen LogP contribution < -0.4 is 10.2 Å². The number of aryl methyl sites for hydroxylation is 2. The van der Waals surface area contributed by atoms with Gasteiger partial charge in [0.2, 0.25) is 0 Å². The van der Waals surface area contributed by atoms with Crippen LogP contribution in [-0.4, -0.2) is 26.2 Å². The van der Waals surface area contributed by atoms with Crippen molar-refractivity contribution in [3.05, 3.63) is 29.3 Å². The molecule has 1 aromatic rings. The van der Waals surface area contributed by atoms with Crippen molar-refractivity contribution in [2.75, 3.05) is 25.0 Å². The largest absolute Gasteiger partial charge is 0.374 e. The molecule has 2 heteroatoms. The van der Waals surface area contributed by atoms with E-state index in [9.17, 15) is 0 Å². The molecular weight excluding hydrogens is 256 g/mol. The van der Waals surface area contributed by atoms with E-state index >= 15 is 0 Å². The highest BCUT2D eigenvalue weighted by atomic mass is 15.1. The molecule has 2 saturated carbocycles. The first-order valence-corrected chi connectivity index (χ1v) is 8.60. The molecule has 0 spiro atoms. The van der Waals surface area contributed by atoms with Crippen molar-refractivity contribution in [1.29, 1.82) is 0 Å². The van der Waals surface area contributed by atoms with Crippen molar-refractivity contribution < 1.29 is 0 Å². The lowest BCUT2D eigenvalue weighted by atomic mass is 9.85. The Balaban J connectivity index is 1.69. The predicted octanol–water partition coefficient (Wildman–Crippen LogP) is 4.05. The second-order valence-corrected chi connectivity index (χ2v) is 7.51. The van der Waals surface area contributed by atoms with Gasteiger partial charge in [-0.1, -0.05) is 30.5 Å². The van der Waals surface area contributed by atoms with Crippen LogP contribution in [0.25, 0.3) is 0 Å². The Labute approximate surface area is 129 Å². The monoisotopic (exact) mass is 286 g/mol. The average Bonchev–Trinajstić information content (AvgIpc) is 3.16. The van der Waals surface area contributed by atoms with E-state index in [-0.39, 0.29) is 0 Å². The molecule has 1 aromatic carbocycles. The van der Waals surface area contributed by atoms with Gasteiger partial charge in [0.05, 0.1) is 0 Å². The average molecular weight is 286 g/mol. The van der Waals surface area contributed by atoms with Gasteiger partial charge in [-0.3, -0.25) is 0 Å². The fourth-order valence-corrected chi connectivity index (χ4v) is 3.99. The zero-order valence-corrected chi connectivity index (χ0v) is 13.9. The molecule has 0 amide bonds.